The molecule has 1 fully saturated rings. The van der Waals surface area contributed by atoms with Crippen molar-refractivity contribution in [3.8, 4) is 0 Å². The number of rotatable bonds is 2. The maximum absolute atomic E-state index is 6.03. The average molecular weight is 229 g/mol. The first-order valence-electron chi connectivity index (χ1n) is 6.75. The maximum atomic E-state index is 6.03. The van der Waals surface area contributed by atoms with Crippen molar-refractivity contribution in [2.24, 2.45) is 0 Å². The zero-order valence-corrected chi connectivity index (χ0v) is 11.0. The molecule has 0 unspecified atom stereocenters. The fourth-order valence-corrected chi connectivity index (χ4v) is 2.97. The lowest BCUT2D eigenvalue weighted by Gasteiger charge is -2.24. The van der Waals surface area contributed by atoms with Gasteiger partial charge < -0.3 is 5.73 Å². The van der Waals surface area contributed by atoms with Crippen LogP contribution in [0.3, 0.4) is 0 Å². The van der Waals surface area contributed by atoms with Crippen LogP contribution in [0, 0.1) is 6.92 Å². The summed E-state index contributed by atoms with van der Waals surface area (Å²) >= 11 is 0. The Balaban J connectivity index is 2.38. The second-order valence-corrected chi connectivity index (χ2v) is 5.16. The standard InChI is InChI=1S/C16H23N/c1-3-7-14-10-15(17)11-16(12(14)2)13-8-5-4-6-9-13/h3,7,10-11,13H,4-6,8-9,17H2,1-2H3/b7-3-. The van der Waals surface area contributed by atoms with Crippen LogP contribution in [0.15, 0.2) is 18.2 Å². The van der Waals surface area contributed by atoms with Gasteiger partial charge in [-0.05, 0) is 61.4 Å². The van der Waals surface area contributed by atoms with Gasteiger partial charge in [0, 0.05) is 5.69 Å². The van der Waals surface area contributed by atoms with Crippen LogP contribution in [0.2, 0.25) is 0 Å². The van der Waals surface area contributed by atoms with Gasteiger partial charge in [0.25, 0.3) is 0 Å². The lowest BCUT2D eigenvalue weighted by atomic mass is 9.81. The predicted molar refractivity (Wildman–Crippen MR) is 76.1 cm³/mol. The third-order valence-electron chi connectivity index (χ3n) is 3.90. The molecule has 0 aromatic heterocycles. The number of allylic oxidation sites excluding steroid dienone is 1. The summed E-state index contributed by atoms with van der Waals surface area (Å²) in [5, 5.41) is 0. The summed E-state index contributed by atoms with van der Waals surface area (Å²) in [5.41, 5.74) is 11.1. The minimum Gasteiger partial charge on any atom is -0.399 e. The van der Waals surface area contributed by atoms with E-state index in [1.807, 2.05) is 0 Å². The van der Waals surface area contributed by atoms with E-state index in [1.165, 1.54) is 48.8 Å². The molecule has 0 bridgehead atoms. The highest BCUT2D eigenvalue weighted by atomic mass is 14.5. The molecule has 2 rings (SSSR count). The van der Waals surface area contributed by atoms with Gasteiger partial charge in [0.05, 0.1) is 0 Å². The summed E-state index contributed by atoms with van der Waals surface area (Å²) in [5.74, 6) is 0.733. The first-order valence-corrected chi connectivity index (χ1v) is 6.75. The van der Waals surface area contributed by atoms with Crippen molar-refractivity contribution in [2.45, 2.75) is 51.9 Å². The summed E-state index contributed by atoms with van der Waals surface area (Å²) in [7, 11) is 0. The van der Waals surface area contributed by atoms with Gasteiger partial charge >= 0.3 is 0 Å². The van der Waals surface area contributed by atoms with Crippen LogP contribution in [-0.2, 0) is 0 Å². The highest BCUT2D eigenvalue weighted by molar-refractivity contribution is 5.62. The smallest absolute Gasteiger partial charge is 0.0323 e. The second-order valence-electron chi connectivity index (χ2n) is 5.16. The summed E-state index contributed by atoms with van der Waals surface area (Å²) in [6, 6.07) is 4.28. The van der Waals surface area contributed by atoms with Gasteiger partial charge in [-0.3, -0.25) is 0 Å². The molecule has 0 atom stereocenters. The van der Waals surface area contributed by atoms with Crippen molar-refractivity contribution in [1.29, 1.82) is 0 Å². The Morgan fingerprint density at radius 1 is 1.18 bits per heavy atom. The third-order valence-corrected chi connectivity index (χ3v) is 3.90. The quantitative estimate of drug-likeness (QED) is 0.733. The predicted octanol–water partition coefficient (Wildman–Crippen LogP) is 4.66. The van der Waals surface area contributed by atoms with Crippen LogP contribution in [0.25, 0.3) is 6.08 Å². The number of hydrogen-bond donors (Lipinski definition) is 1. The highest BCUT2D eigenvalue weighted by Gasteiger charge is 2.18. The van der Waals surface area contributed by atoms with Gasteiger partial charge in [-0.15, -0.1) is 0 Å². The normalized spacial score (nSPS) is 17.8. The van der Waals surface area contributed by atoms with Gasteiger partial charge in [0.1, 0.15) is 0 Å². The Morgan fingerprint density at radius 3 is 2.53 bits per heavy atom. The molecule has 1 aliphatic rings. The van der Waals surface area contributed by atoms with E-state index < -0.39 is 0 Å². The Morgan fingerprint density at radius 2 is 1.88 bits per heavy atom. The van der Waals surface area contributed by atoms with Gasteiger partial charge in [-0.25, -0.2) is 0 Å². The molecule has 1 heteroatoms. The molecule has 1 aliphatic carbocycles. The molecule has 2 N–H and O–H groups in total. The molecule has 92 valence electrons. The summed E-state index contributed by atoms with van der Waals surface area (Å²) in [6.45, 7) is 4.29. The van der Waals surface area contributed by atoms with E-state index in [2.05, 4.69) is 38.1 Å². The number of nitrogens with two attached hydrogens (primary N) is 1. The van der Waals surface area contributed by atoms with Crippen LogP contribution >= 0.6 is 0 Å². The molecule has 0 heterocycles. The molecule has 0 saturated heterocycles. The summed E-state index contributed by atoms with van der Waals surface area (Å²) in [4.78, 5) is 0. The first kappa shape index (κ1) is 12.2. The van der Waals surface area contributed by atoms with E-state index in [0.717, 1.165) is 11.6 Å². The van der Waals surface area contributed by atoms with Crippen LogP contribution in [0.5, 0.6) is 0 Å². The van der Waals surface area contributed by atoms with Gasteiger partial charge in [0.15, 0.2) is 0 Å². The summed E-state index contributed by atoms with van der Waals surface area (Å²) in [6.07, 6.45) is 11.1. The monoisotopic (exact) mass is 229 g/mol. The topological polar surface area (TPSA) is 26.0 Å². The second kappa shape index (κ2) is 5.39. The van der Waals surface area contributed by atoms with E-state index in [-0.39, 0.29) is 0 Å². The Labute approximate surface area is 105 Å². The fourth-order valence-electron chi connectivity index (χ4n) is 2.97. The van der Waals surface area contributed by atoms with Crippen molar-refractivity contribution >= 4 is 11.8 Å². The molecule has 1 aromatic carbocycles. The van der Waals surface area contributed by atoms with E-state index >= 15 is 0 Å². The van der Waals surface area contributed by atoms with E-state index in [9.17, 15) is 0 Å². The Bertz CT molecular complexity index is 412. The number of hydrogen-bond acceptors (Lipinski definition) is 1. The molecule has 0 amide bonds. The van der Waals surface area contributed by atoms with Gasteiger partial charge in [-0.1, -0.05) is 31.4 Å². The molecular weight excluding hydrogens is 206 g/mol. The van der Waals surface area contributed by atoms with Crippen LogP contribution in [-0.4, -0.2) is 0 Å². The minimum atomic E-state index is 0.733. The Hall–Kier alpha value is -1.24. The van der Waals surface area contributed by atoms with E-state index in [4.69, 9.17) is 5.73 Å². The SMILES string of the molecule is C/C=C\c1cc(N)cc(C2CCCCC2)c1C. The van der Waals surface area contributed by atoms with E-state index in [0.29, 0.717) is 0 Å². The number of benzene rings is 1. The van der Waals surface area contributed by atoms with Crippen molar-refractivity contribution in [3.63, 3.8) is 0 Å². The number of anilines is 1. The molecule has 1 aromatic rings. The molecule has 1 nitrogen and oxygen atoms in total. The zero-order chi connectivity index (χ0) is 12.3. The first-order chi connectivity index (χ1) is 8.22. The summed E-state index contributed by atoms with van der Waals surface area (Å²) < 4.78 is 0. The highest BCUT2D eigenvalue weighted by Crippen LogP contribution is 2.36. The van der Waals surface area contributed by atoms with Gasteiger partial charge in [-0.2, -0.15) is 0 Å². The fraction of sp³-hybridized carbons (Fsp3) is 0.500. The molecule has 0 radical (unpaired) electrons. The van der Waals surface area contributed by atoms with E-state index in [1.54, 1.807) is 0 Å². The lowest BCUT2D eigenvalue weighted by Crippen LogP contribution is -2.07. The van der Waals surface area contributed by atoms with Crippen LogP contribution in [0.1, 0.15) is 61.6 Å². The maximum Gasteiger partial charge on any atom is 0.0323 e. The third kappa shape index (κ3) is 2.71. The minimum absolute atomic E-state index is 0.733. The number of nitrogen functional groups attached to an aromatic ring is 1. The molecule has 1 saturated carbocycles. The van der Waals surface area contributed by atoms with Crippen molar-refractivity contribution < 1.29 is 0 Å². The van der Waals surface area contributed by atoms with Crippen molar-refractivity contribution in [3.05, 3.63) is 34.9 Å². The van der Waals surface area contributed by atoms with Crippen molar-refractivity contribution in [1.82, 2.24) is 0 Å². The van der Waals surface area contributed by atoms with Crippen molar-refractivity contribution in [2.75, 3.05) is 5.73 Å². The van der Waals surface area contributed by atoms with Gasteiger partial charge in [0.2, 0.25) is 0 Å². The lowest BCUT2D eigenvalue weighted by molar-refractivity contribution is 0.442. The largest absolute Gasteiger partial charge is 0.399 e. The molecule has 17 heavy (non-hydrogen) atoms. The molecule has 0 aliphatic heterocycles. The molecular formula is C16H23N. The Kier molecular flexibility index (Phi) is 3.88. The van der Waals surface area contributed by atoms with Crippen LogP contribution < -0.4 is 5.73 Å². The average Bonchev–Trinajstić information content (AvgIpc) is 2.35. The molecule has 0 spiro atoms. The van der Waals surface area contributed by atoms with Crippen LogP contribution in [0.4, 0.5) is 5.69 Å². The zero-order valence-electron chi connectivity index (χ0n) is 11.0.